The van der Waals surface area contributed by atoms with Gasteiger partial charge in [-0.1, -0.05) is 0 Å². The van der Waals surface area contributed by atoms with E-state index in [4.69, 9.17) is 0 Å². The lowest BCUT2D eigenvalue weighted by Crippen LogP contribution is -2.21. The molecule has 2 aliphatic rings. The highest BCUT2D eigenvalue weighted by molar-refractivity contribution is 5.47. The minimum atomic E-state index is 0.778. The van der Waals surface area contributed by atoms with Crippen molar-refractivity contribution in [2.75, 3.05) is 26.2 Å². The molecule has 0 aromatic carbocycles. The monoisotopic (exact) mass is 143 g/mol. The second kappa shape index (κ2) is 5.20. The zero-order valence-corrected chi connectivity index (χ0v) is 5.97. The van der Waals surface area contributed by atoms with E-state index in [0.717, 1.165) is 26.2 Å². The summed E-state index contributed by atoms with van der Waals surface area (Å²) in [6.07, 6.45) is 2.76. The van der Waals surface area contributed by atoms with Gasteiger partial charge < -0.3 is 4.74 Å². The molecular weight excluding hydrogens is 130 g/mol. The van der Waals surface area contributed by atoms with Gasteiger partial charge in [-0.25, -0.2) is 0 Å². The Morgan fingerprint density at radius 2 is 2.10 bits per heavy atom. The second-order valence-electron chi connectivity index (χ2n) is 2.09. The lowest BCUT2D eigenvalue weighted by atomic mass is 10.5. The SMILES string of the molecule is C1=NCCO1.C1CNNC1. The molecule has 4 nitrogen and oxygen atoms in total. The van der Waals surface area contributed by atoms with E-state index in [0.29, 0.717) is 0 Å². The van der Waals surface area contributed by atoms with Crippen LogP contribution in [-0.4, -0.2) is 32.6 Å². The van der Waals surface area contributed by atoms with Gasteiger partial charge in [0.05, 0.1) is 6.54 Å². The van der Waals surface area contributed by atoms with Crippen LogP contribution >= 0.6 is 0 Å². The van der Waals surface area contributed by atoms with Crippen LogP contribution in [0.4, 0.5) is 0 Å². The van der Waals surface area contributed by atoms with Gasteiger partial charge in [0.1, 0.15) is 6.61 Å². The molecule has 0 radical (unpaired) electrons. The van der Waals surface area contributed by atoms with E-state index < -0.39 is 0 Å². The molecule has 0 aromatic heterocycles. The molecule has 0 atom stereocenters. The van der Waals surface area contributed by atoms with E-state index in [9.17, 15) is 0 Å². The zero-order chi connectivity index (χ0) is 7.07. The third kappa shape index (κ3) is 3.42. The highest BCUT2D eigenvalue weighted by Gasteiger charge is 1.91. The van der Waals surface area contributed by atoms with Gasteiger partial charge in [-0.05, 0) is 6.42 Å². The number of hydrazine groups is 1. The van der Waals surface area contributed by atoms with Gasteiger partial charge in [-0.2, -0.15) is 0 Å². The molecule has 2 rings (SSSR count). The van der Waals surface area contributed by atoms with Crippen molar-refractivity contribution in [2.24, 2.45) is 4.99 Å². The second-order valence-corrected chi connectivity index (χ2v) is 2.09. The van der Waals surface area contributed by atoms with Crippen LogP contribution < -0.4 is 10.9 Å². The highest BCUT2D eigenvalue weighted by atomic mass is 16.5. The first kappa shape index (κ1) is 7.50. The molecule has 0 spiro atoms. The number of hydrogen-bond acceptors (Lipinski definition) is 4. The van der Waals surface area contributed by atoms with Gasteiger partial charge in [0.25, 0.3) is 0 Å². The standard InChI is InChI=1S/C3H8N2.C3H5NO/c1-2-4-5-3-1;1-2-5-3-4-1/h4-5H,1-3H2;3H,1-2H2. The Morgan fingerprint density at radius 3 is 2.30 bits per heavy atom. The average Bonchev–Trinajstić information content (AvgIpc) is 2.67. The minimum absolute atomic E-state index is 0.778. The first-order valence-corrected chi connectivity index (χ1v) is 3.56. The number of nitrogens with zero attached hydrogens (tertiary/aromatic N) is 1. The van der Waals surface area contributed by atoms with Crippen LogP contribution in [-0.2, 0) is 4.74 Å². The van der Waals surface area contributed by atoms with Crippen LogP contribution in [0.5, 0.6) is 0 Å². The van der Waals surface area contributed by atoms with E-state index in [1.807, 2.05) is 0 Å². The van der Waals surface area contributed by atoms with Crippen molar-refractivity contribution in [2.45, 2.75) is 6.42 Å². The average molecular weight is 143 g/mol. The van der Waals surface area contributed by atoms with Crippen molar-refractivity contribution in [1.82, 2.24) is 10.9 Å². The molecule has 0 amide bonds. The van der Waals surface area contributed by atoms with Crippen molar-refractivity contribution < 1.29 is 4.74 Å². The lowest BCUT2D eigenvalue weighted by molar-refractivity contribution is 0.361. The molecule has 1 fully saturated rings. The van der Waals surface area contributed by atoms with Crippen LogP contribution in [0.25, 0.3) is 0 Å². The van der Waals surface area contributed by atoms with Crippen LogP contribution in [0.3, 0.4) is 0 Å². The van der Waals surface area contributed by atoms with Crippen molar-refractivity contribution >= 4 is 6.40 Å². The van der Waals surface area contributed by atoms with Gasteiger partial charge >= 0.3 is 0 Å². The Kier molecular flexibility index (Phi) is 3.90. The molecular formula is C6H13N3O. The normalized spacial score (nSPS) is 21.6. The lowest BCUT2D eigenvalue weighted by Gasteiger charge is -1.81. The summed E-state index contributed by atoms with van der Waals surface area (Å²) in [5.41, 5.74) is 5.94. The van der Waals surface area contributed by atoms with Gasteiger partial charge in [-0.3, -0.25) is 15.8 Å². The number of ether oxygens (including phenoxy) is 1. The van der Waals surface area contributed by atoms with E-state index in [-0.39, 0.29) is 0 Å². The predicted octanol–water partition coefficient (Wildman–Crippen LogP) is -0.471. The molecule has 10 heavy (non-hydrogen) atoms. The Balaban J connectivity index is 0.0000001000. The molecule has 0 bridgehead atoms. The Bertz CT molecular complexity index is 87.6. The number of hydrogen-bond donors (Lipinski definition) is 2. The summed E-state index contributed by atoms with van der Waals surface area (Å²) < 4.78 is 4.65. The molecule has 2 aliphatic heterocycles. The van der Waals surface area contributed by atoms with E-state index >= 15 is 0 Å². The summed E-state index contributed by atoms with van der Waals surface area (Å²) in [6.45, 7) is 3.90. The fraction of sp³-hybridized carbons (Fsp3) is 0.833. The minimum Gasteiger partial charge on any atom is -0.482 e. The molecule has 4 heteroatoms. The van der Waals surface area contributed by atoms with Crippen LogP contribution in [0.15, 0.2) is 4.99 Å². The quantitative estimate of drug-likeness (QED) is 0.482. The van der Waals surface area contributed by atoms with Gasteiger partial charge in [-0.15, -0.1) is 0 Å². The Morgan fingerprint density at radius 1 is 1.30 bits per heavy atom. The molecule has 0 saturated carbocycles. The molecule has 2 N–H and O–H groups in total. The summed E-state index contributed by atoms with van der Waals surface area (Å²) >= 11 is 0. The summed E-state index contributed by atoms with van der Waals surface area (Å²) in [5, 5.41) is 0. The molecule has 0 aliphatic carbocycles. The van der Waals surface area contributed by atoms with Crippen molar-refractivity contribution in [3.05, 3.63) is 0 Å². The van der Waals surface area contributed by atoms with Gasteiger partial charge in [0.15, 0.2) is 6.40 Å². The van der Waals surface area contributed by atoms with E-state index in [1.165, 1.54) is 12.8 Å². The number of nitrogens with one attached hydrogen (secondary N) is 2. The van der Waals surface area contributed by atoms with Crippen molar-refractivity contribution in [1.29, 1.82) is 0 Å². The summed E-state index contributed by atoms with van der Waals surface area (Å²) in [4.78, 5) is 3.74. The summed E-state index contributed by atoms with van der Waals surface area (Å²) in [5.74, 6) is 0. The Labute approximate surface area is 60.6 Å². The predicted molar refractivity (Wildman–Crippen MR) is 39.9 cm³/mol. The molecule has 0 unspecified atom stereocenters. The maximum Gasteiger partial charge on any atom is 0.169 e. The van der Waals surface area contributed by atoms with Crippen molar-refractivity contribution in [3.63, 3.8) is 0 Å². The maximum absolute atomic E-state index is 4.65. The third-order valence-corrected chi connectivity index (χ3v) is 1.22. The van der Waals surface area contributed by atoms with Crippen LogP contribution in [0.2, 0.25) is 0 Å². The smallest absolute Gasteiger partial charge is 0.169 e. The number of aliphatic imine (C=N–C) groups is 1. The maximum atomic E-state index is 4.65. The molecule has 0 aromatic rings. The topological polar surface area (TPSA) is 45.6 Å². The van der Waals surface area contributed by atoms with Crippen LogP contribution in [0.1, 0.15) is 6.42 Å². The Hall–Kier alpha value is -0.610. The zero-order valence-electron chi connectivity index (χ0n) is 5.97. The summed E-state index contributed by atoms with van der Waals surface area (Å²) in [6, 6.07) is 0. The van der Waals surface area contributed by atoms with E-state index in [2.05, 4.69) is 20.6 Å². The van der Waals surface area contributed by atoms with Crippen molar-refractivity contribution in [3.8, 4) is 0 Å². The molecule has 58 valence electrons. The summed E-state index contributed by atoms with van der Waals surface area (Å²) in [7, 11) is 0. The largest absolute Gasteiger partial charge is 0.482 e. The fourth-order valence-electron chi connectivity index (χ4n) is 0.705. The molecule has 1 saturated heterocycles. The highest BCUT2D eigenvalue weighted by Crippen LogP contribution is 1.78. The number of rotatable bonds is 0. The van der Waals surface area contributed by atoms with E-state index in [1.54, 1.807) is 0 Å². The first-order chi connectivity index (χ1) is 5.00. The molecule has 2 heterocycles. The third-order valence-electron chi connectivity index (χ3n) is 1.22. The van der Waals surface area contributed by atoms with Gasteiger partial charge in [0.2, 0.25) is 0 Å². The fourth-order valence-corrected chi connectivity index (χ4v) is 0.705. The van der Waals surface area contributed by atoms with Crippen LogP contribution in [0, 0.1) is 0 Å². The van der Waals surface area contributed by atoms with Gasteiger partial charge in [0, 0.05) is 13.1 Å². The first-order valence-electron chi connectivity index (χ1n) is 3.56.